The van der Waals surface area contributed by atoms with E-state index in [0.717, 1.165) is 18.4 Å². The minimum atomic E-state index is -1.20. The van der Waals surface area contributed by atoms with E-state index in [0.29, 0.717) is 17.0 Å². The van der Waals surface area contributed by atoms with Crippen LogP contribution in [0.15, 0.2) is 36.4 Å². The molecular formula is C19H23FN2O2. The molecule has 5 heteroatoms. The lowest BCUT2D eigenvalue weighted by molar-refractivity contribution is 0.0172. The third-order valence-corrected chi connectivity index (χ3v) is 4.68. The van der Waals surface area contributed by atoms with Crippen molar-refractivity contribution in [1.29, 1.82) is 0 Å². The lowest BCUT2D eigenvalue weighted by Crippen LogP contribution is -2.38. The number of aromatic nitrogens is 1. The fourth-order valence-corrected chi connectivity index (χ4v) is 2.92. The maximum Gasteiger partial charge on any atom is 0.123 e. The van der Waals surface area contributed by atoms with Crippen LogP contribution in [0.4, 0.5) is 4.39 Å². The Morgan fingerprint density at radius 2 is 1.79 bits per heavy atom. The molecule has 0 amide bonds. The fraction of sp³-hybridized carbons (Fsp3) is 0.421. The largest absolute Gasteiger partial charge is 0.386 e. The first kappa shape index (κ1) is 17.0. The van der Waals surface area contributed by atoms with E-state index in [4.69, 9.17) is 5.73 Å². The normalized spacial score (nSPS) is 17.6. The smallest absolute Gasteiger partial charge is 0.123 e. The average molecular weight is 330 g/mol. The van der Waals surface area contributed by atoms with Crippen LogP contribution in [0.1, 0.15) is 37.9 Å². The maximum atomic E-state index is 13.2. The summed E-state index contributed by atoms with van der Waals surface area (Å²) >= 11 is 0. The number of aliphatic hydroxyl groups is 2. The number of rotatable bonds is 5. The number of benzene rings is 1. The second-order valence-electron chi connectivity index (χ2n) is 7.09. The van der Waals surface area contributed by atoms with Crippen molar-refractivity contribution in [3.63, 3.8) is 0 Å². The highest BCUT2D eigenvalue weighted by atomic mass is 19.1. The monoisotopic (exact) mass is 330 g/mol. The molecular weight excluding hydrogens is 307 g/mol. The Bertz CT molecular complexity index is 736. The Hall–Kier alpha value is -1.82. The van der Waals surface area contributed by atoms with Gasteiger partial charge in [-0.15, -0.1) is 0 Å². The van der Waals surface area contributed by atoms with Crippen LogP contribution in [0.3, 0.4) is 0 Å². The zero-order valence-corrected chi connectivity index (χ0v) is 14.0. The van der Waals surface area contributed by atoms with E-state index < -0.39 is 11.2 Å². The Labute approximate surface area is 141 Å². The number of nitrogens with zero attached hydrogens (tertiary/aromatic N) is 1. The molecule has 0 saturated heterocycles. The van der Waals surface area contributed by atoms with Crippen molar-refractivity contribution < 1.29 is 14.6 Å². The molecule has 0 radical (unpaired) electrons. The van der Waals surface area contributed by atoms with Gasteiger partial charge in [-0.2, -0.15) is 0 Å². The van der Waals surface area contributed by atoms with Gasteiger partial charge in [0, 0.05) is 12.1 Å². The van der Waals surface area contributed by atoms with E-state index >= 15 is 0 Å². The summed E-state index contributed by atoms with van der Waals surface area (Å²) in [6.07, 6.45) is 1.82. The van der Waals surface area contributed by atoms with Crippen LogP contribution in [-0.2, 0) is 11.2 Å². The first-order chi connectivity index (χ1) is 11.2. The van der Waals surface area contributed by atoms with E-state index in [1.165, 1.54) is 12.1 Å². The summed E-state index contributed by atoms with van der Waals surface area (Å²) in [7, 11) is 0. The van der Waals surface area contributed by atoms with Crippen molar-refractivity contribution in [3.8, 4) is 11.3 Å². The molecule has 2 aromatic rings. The number of nitrogens with two attached hydrogens (primary N) is 1. The van der Waals surface area contributed by atoms with Gasteiger partial charge >= 0.3 is 0 Å². The highest BCUT2D eigenvalue weighted by molar-refractivity contribution is 5.60. The van der Waals surface area contributed by atoms with Crippen LogP contribution in [0, 0.1) is 11.7 Å². The molecule has 1 aromatic carbocycles. The molecule has 24 heavy (non-hydrogen) atoms. The zero-order valence-electron chi connectivity index (χ0n) is 14.0. The van der Waals surface area contributed by atoms with Crippen molar-refractivity contribution >= 4 is 0 Å². The van der Waals surface area contributed by atoms with Crippen molar-refractivity contribution in [2.45, 2.75) is 37.9 Å². The van der Waals surface area contributed by atoms with Gasteiger partial charge < -0.3 is 15.9 Å². The third-order valence-electron chi connectivity index (χ3n) is 4.68. The minimum Gasteiger partial charge on any atom is -0.386 e. The lowest BCUT2D eigenvalue weighted by Gasteiger charge is -2.28. The van der Waals surface area contributed by atoms with Crippen molar-refractivity contribution in [2.75, 3.05) is 6.54 Å². The van der Waals surface area contributed by atoms with Crippen LogP contribution in [0.5, 0.6) is 0 Å². The highest BCUT2D eigenvalue weighted by Gasteiger charge is 2.45. The highest BCUT2D eigenvalue weighted by Crippen LogP contribution is 2.45. The first-order valence-corrected chi connectivity index (χ1v) is 8.18. The number of halogens is 1. The summed E-state index contributed by atoms with van der Waals surface area (Å²) in [6.45, 7) is 3.43. The van der Waals surface area contributed by atoms with Gasteiger partial charge in [0.25, 0.3) is 0 Å². The summed E-state index contributed by atoms with van der Waals surface area (Å²) in [5.41, 5.74) is 5.96. The van der Waals surface area contributed by atoms with Crippen molar-refractivity contribution in [3.05, 3.63) is 53.5 Å². The van der Waals surface area contributed by atoms with Gasteiger partial charge in [0.05, 0.1) is 17.0 Å². The molecule has 3 rings (SSSR count). The van der Waals surface area contributed by atoms with Gasteiger partial charge in [-0.1, -0.05) is 0 Å². The quantitative estimate of drug-likeness (QED) is 0.787. The van der Waals surface area contributed by atoms with Gasteiger partial charge in [0.2, 0.25) is 0 Å². The summed E-state index contributed by atoms with van der Waals surface area (Å²) in [4.78, 5) is 4.59. The predicted molar refractivity (Wildman–Crippen MR) is 90.6 cm³/mol. The van der Waals surface area contributed by atoms with Crippen molar-refractivity contribution in [2.24, 2.45) is 11.7 Å². The van der Waals surface area contributed by atoms with Crippen LogP contribution in [0.2, 0.25) is 0 Å². The van der Waals surface area contributed by atoms with E-state index in [2.05, 4.69) is 4.98 Å². The second kappa shape index (κ2) is 5.92. The van der Waals surface area contributed by atoms with Gasteiger partial charge in [0.1, 0.15) is 11.4 Å². The molecule has 1 heterocycles. The van der Waals surface area contributed by atoms with Gasteiger partial charge in [0.15, 0.2) is 0 Å². The molecule has 4 nitrogen and oxygen atoms in total. The average Bonchev–Trinajstić information content (AvgIpc) is 3.39. The molecule has 1 atom stereocenters. The summed E-state index contributed by atoms with van der Waals surface area (Å²) in [5.74, 6) is -0.234. The first-order valence-electron chi connectivity index (χ1n) is 8.18. The van der Waals surface area contributed by atoms with Crippen LogP contribution >= 0.6 is 0 Å². The summed E-state index contributed by atoms with van der Waals surface area (Å²) in [5, 5.41) is 21.4. The number of hydrogen-bond acceptors (Lipinski definition) is 4. The molecule has 1 aromatic heterocycles. The van der Waals surface area contributed by atoms with E-state index in [1.807, 2.05) is 0 Å². The third kappa shape index (κ3) is 3.20. The summed E-state index contributed by atoms with van der Waals surface area (Å²) < 4.78 is 13.2. The van der Waals surface area contributed by atoms with E-state index in [-0.39, 0.29) is 18.3 Å². The number of pyridine rings is 1. The van der Waals surface area contributed by atoms with Gasteiger partial charge in [-0.25, -0.2) is 9.37 Å². The lowest BCUT2D eigenvalue weighted by atomic mass is 9.88. The molecule has 1 saturated carbocycles. The van der Waals surface area contributed by atoms with Crippen LogP contribution < -0.4 is 5.73 Å². The molecule has 1 aliphatic carbocycles. The standard InChI is InChI=1S/C19H23FN2O2/c1-18(2,23)14-9-16(12-3-7-15(20)8-4-12)22-17(10-14)19(24,11-21)13-5-6-13/h3-4,7-10,13,23-24H,5-6,11,21H2,1-2H3/t19-/m1/s1. The topological polar surface area (TPSA) is 79.4 Å². The number of hydrogen-bond donors (Lipinski definition) is 3. The summed E-state index contributed by atoms with van der Waals surface area (Å²) in [6, 6.07) is 9.48. The molecule has 128 valence electrons. The molecule has 1 fully saturated rings. The Morgan fingerprint density at radius 1 is 1.17 bits per heavy atom. The fourth-order valence-electron chi connectivity index (χ4n) is 2.92. The van der Waals surface area contributed by atoms with Gasteiger partial charge in [-0.3, -0.25) is 0 Å². The van der Waals surface area contributed by atoms with Crippen molar-refractivity contribution in [1.82, 2.24) is 4.98 Å². The molecule has 4 N–H and O–H groups in total. The molecule has 0 spiro atoms. The van der Waals surface area contributed by atoms with Crippen LogP contribution in [0.25, 0.3) is 11.3 Å². The molecule has 1 aliphatic rings. The minimum absolute atomic E-state index is 0.0723. The van der Waals surface area contributed by atoms with Gasteiger partial charge in [-0.05, 0) is 74.6 Å². The Balaban J connectivity index is 2.15. The molecule has 0 bridgehead atoms. The zero-order chi connectivity index (χ0) is 17.5. The molecule has 0 aliphatic heterocycles. The second-order valence-corrected chi connectivity index (χ2v) is 7.09. The SMILES string of the molecule is CC(C)(O)c1cc(-c2ccc(F)cc2)nc([C@@](O)(CN)C2CC2)c1. The Morgan fingerprint density at radius 3 is 2.29 bits per heavy atom. The van der Waals surface area contributed by atoms with Crippen LogP contribution in [-0.4, -0.2) is 21.7 Å². The molecule has 0 unspecified atom stereocenters. The van der Waals surface area contributed by atoms with E-state index in [1.54, 1.807) is 38.1 Å². The predicted octanol–water partition coefficient (Wildman–Crippen LogP) is 2.67. The van der Waals surface area contributed by atoms with E-state index in [9.17, 15) is 14.6 Å². The Kier molecular flexibility index (Phi) is 4.20. The maximum absolute atomic E-state index is 13.2.